The zero-order chi connectivity index (χ0) is 58.5. The molecule has 0 spiro atoms. The van der Waals surface area contributed by atoms with Gasteiger partial charge >= 0.3 is 17.9 Å². The average molecular weight is 1120 g/mol. The molecule has 0 bridgehead atoms. The monoisotopic (exact) mass is 1120 g/mol. The minimum atomic E-state index is -0.826. The molecule has 1 atom stereocenters. The summed E-state index contributed by atoms with van der Waals surface area (Å²) in [7, 11) is 0. The predicted octanol–water partition coefficient (Wildman–Crippen LogP) is 23.3. The third-order valence-corrected chi connectivity index (χ3v) is 14.1. The van der Waals surface area contributed by atoms with E-state index in [0.717, 1.165) is 116 Å². The maximum Gasteiger partial charge on any atom is 0.306 e. The van der Waals surface area contributed by atoms with Crippen molar-refractivity contribution in [3.8, 4) is 0 Å². The summed E-state index contributed by atoms with van der Waals surface area (Å²) in [5.41, 5.74) is 0. The minimum Gasteiger partial charge on any atom is -0.462 e. The van der Waals surface area contributed by atoms with Crippen molar-refractivity contribution in [1.29, 1.82) is 0 Å². The number of carbonyl (C=O) groups excluding carboxylic acids is 3. The number of allylic oxidation sites excluding steroid dienone is 22. The molecule has 0 aromatic rings. The molecule has 6 nitrogen and oxygen atoms in total. The fourth-order valence-electron chi connectivity index (χ4n) is 9.16. The smallest absolute Gasteiger partial charge is 0.306 e. The van der Waals surface area contributed by atoms with Crippen LogP contribution in [0.4, 0.5) is 0 Å². The standard InChI is InChI=1S/C75H124O6/c1-4-7-10-13-16-19-22-25-28-30-32-33-34-35-36-37-38-39-40-41-43-44-47-50-53-56-59-62-65-68-74(77)80-71-72(70-79-73(76)67-64-61-58-55-52-49-46-27-24-21-18-15-12-9-6-3)81-75(78)69-66-63-60-57-54-51-48-45-42-31-29-26-23-20-17-14-11-8-5-2/h7-8,10-11,16-17,19-20,25-29,32-33,42,45-46,51,54,60,63,72H,4-6,9,12-15,18,21-24,30-31,34-41,43-44,47-50,52-53,55-59,61-62,64-71H2,1-3H3/b10-7-,11-8-,19-16-,20-17-,28-25-,29-26-,33-32-,45-42-,46-27-,54-51-,63-60-. The van der Waals surface area contributed by atoms with Crippen LogP contribution in [0.5, 0.6) is 0 Å². The molecule has 0 aromatic carbocycles. The van der Waals surface area contributed by atoms with E-state index in [1.54, 1.807) is 0 Å². The molecule has 0 saturated heterocycles. The highest BCUT2D eigenvalue weighted by Crippen LogP contribution is 2.16. The molecule has 0 saturated carbocycles. The van der Waals surface area contributed by atoms with Gasteiger partial charge in [-0.15, -0.1) is 0 Å². The van der Waals surface area contributed by atoms with Gasteiger partial charge in [0.05, 0.1) is 0 Å². The Morgan fingerprint density at radius 1 is 0.259 bits per heavy atom. The van der Waals surface area contributed by atoms with Crippen LogP contribution in [0.15, 0.2) is 134 Å². The third kappa shape index (κ3) is 66.2. The Kier molecular flexibility index (Phi) is 64.3. The molecular formula is C75H124O6. The van der Waals surface area contributed by atoms with Crippen molar-refractivity contribution in [3.63, 3.8) is 0 Å². The van der Waals surface area contributed by atoms with Gasteiger partial charge in [-0.1, -0.05) is 296 Å². The quantitative estimate of drug-likeness (QED) is 0.0261. The van der Waals surface area contributed by atoms with Crippen molar-refractivity contribution in [2.24, 2.45) is 0 Å². The highest BCUT2D eigenvalue weighted by molar-refractivity contribution is 5.71. The van der Waals surface area contributed by atoms with Gasteiger partial charge < -0.3 is 14.2 Å². The molecule has 0 aromatic heterocycles. The SMILES string of the molecule is CC/C=C\C/C=C\C/C=C\C/C=C\C/C=C\C/C=C\CCC(=O)OC(COC(=O)CCCCCCC/C=C\CCCCCCCC)COC(=O)CCCCCCCCCCCCCCCCCC/C=C\C/C=C\C/C=C\C/C=C\CC. The number of rotatable bonds is 60. The van der Waals surface area contributed by atoms with Gasteiger partial charge in [0.2, 0.25) is 0 Å². The van der Waals surface area contributed by atoms with Gasteiger partial charge in [-0.05, 0) is 122 Å². The van der Waals surface area contributed by atoms with E-state index < -0.39 is 12.1 Å². The molecule has 0 aliphatic heterocycles. The van der Waals surface area contributed by atoms with E-state index >= 15 is 0 Å². The number of ether oxygens (including phenoxy) is 3. The minimum absolute atomic E-state index is 0.112. The van der Waals surface area contributed by atoms with Crippen LogP contribution in [0, 0.1) is 0 Å². The summed E-state index contributed by atoms with van der Waals surface area (Å²) in [6, 6.07) is 0. The van der Waals surface area contributed by atoms with Crippen molar-refractivity contribution < 1.29 is 28.6 Å². The van der Waals surface area contributed by atoms with Crippen molar-refractivity contribution in [1.82, 2.24) is 0 Å². The van der Waals surface area contributed by atoms with Crippen LogP contribution < -0.4 is 0 Å². The first kappa shape index (κ1) is 76.5. The second kappa shape index (κ2) is 68.1. The first-order valence-corrected chi connectivity index (χ1v) is 33.7. The normalized spacial score (nSPS) is 13.0. The van der Waals surface area contributed by atoms with Crippen molar-refractivity contribution in [2.45, 2.75) is 309 Å². The van der Waals surface area contributed by atoms with E-state index in [-0.39, 0.29) is 31.6 Å². The molecule has 0 heterocycles. The van der Waals surface area contributed by atoms with E-state index in [1.165, 1.54) is 141 Å². The fourth-order valence-corrected chi connectivity index (χ4v) is 9.16. The molecule has 0 fully saturated rings. The van der Waals surface area contributed by atoms with Crippen LogP contribution in [0.25, 0.3) is 0 Å². The van der Waals surface area contributed by atoms with Crippen molar-refractivity contribution in [2.75, 3.05) is 13.2 Å². The summed E-state index contributed by atoms with van der Waals surface area (Å²) in [6.45, 7) is 6.36. The van der Waals surface area contributed by atoms with E-state index in [0.29, 0.717) is 19.3 Å². The van der Waals surface area contributed by atoms with Crippen LogP contribution in [0.1, 0.15) is 303 Å². The lowest BCUT2D eigenvalue weighted by atomic mass is 10.0. The Morgan fingerprint density at radius 3 is 0.815 bits per heavy atom. The first-order valence-electron chi connectivity index (χ1n) is 33.7. The molecule has 0 radical (unpaired) electrons. The highest BCUT2D eigenvalue weighted by atomic mass is 16.6. The number of hydrogen-bond acceptors (Lipinski definition) is 6. The van der Waals surface area contributed by atoms with E-state index in [1.807, 2.05) is 6.08 Å². The van der Waals surface area contributed by atoms with Gasteiger partial charge in [0.15, 0.2) is 6.10 Å². The Balaban J connectivity index is 4.37. The Bertz CT molecular complexity index is 1720. The van der Waals surface area contributed by atoms with Gasteiger partial charge in [-0.2, -0.15) is 0 Å². The van der Waals surface area contributed by atoms with E-state index in [4.69, 9.17) is 14.2 Å². The Hall–Kier alpha value is -4.45. The van der Waals surface area contributed by atoms with Gasteiger partial charge in [-0.25, -0.2) is 0 Å². The van der Waals surface area contributed by atoms with Crippen LogP contribution in [0.3, 0.4) is 0 Å². The molecule has 0 aliphatic carbocycles. The van der Waals surface area contributed by atoms with Crippen molar-refractivity contribution >= 4 is 17.9 Å². The van der Waals surface area contributed by atoms with Crippen LogP contribution in [-0.2, 0) is 28.6 Å². The molecule has 0 N–H and O–H groups in total. The molecule has 0 rings (SSSR count). The van der Waals surface area contributed by atoms with Crippen LogP contribution in [0.2, 0.25) is 0 Å². The number of carbonyl (C=O) groups is 3. The number of hydrogen-bond donors (Lipinski definition) is 0. The zero-order valence-corrected chi connectivity index (χ0v) is 52.8. The van der Waals surface area contributed by atoms with Gasteiger partial charge in [0.25, 0.3) is 0 Å². The lowest BCUT2D eigenvalue weighted by molar-refractivity contribution is -0.166. The second-order valence-electron chi connectivity index (χ2n) is 22.0. The lowest BCUT2D eigenvalue weighted by Gasteiger charge is -2.18. The number of esters is 3. The van der Waals surface area contributed by atoms with Gasteiger partial charge in [0, 0.05) is 19.3 Å². The summed E-state index contributed by atoms with van der Waals surface area (Å²) in [6.07, 6.45) is 96.3. The van der Waals surface area contributed by atoms with Crippen LogP contribution in [-0.4, -0.2) is 37.2 Å². The van der Waals surface area contributed by atoms with Crippen LogP contribution >= 0.6 is 0 Å². The number of unbranched alkanes of at least 4 members (excludes halogenated alkanes) is 27. The van der Waals surface area contributed by atoms with E-state index in [9.17, 15) is 14.4 Å². The second-order valence-corrected chi connectivity index (χ2v) is 22.0. The van der Waals surface area contributed by atoms with Crippen molar-refractivity contribution in [3.05, 3.63) is 134 Å². The third-order valence-electron chi connectivity index (χ3n) is 14.1. The van der Waals surface area contributed by atoms with Gasteiger partial charge in [-0.3, -0.25) is 14.4 Å². The topological polar surface area (TPSA) is 78.9 Å². The maximum absolute atomic E-state index is 12.9. The maximum atomic E-state index is 12.9. The molecule has 0 amide bonds. The average Bonchev–Trinajstić information content (AvgIpc) is 3.47. The fraction of sp³-hybridized carbons (Fsp3) is 0.667. The Morgan fingerprint density at radius 2 is 0.506 bits per heavy atom. The summed E-state index contributed by atoms with van der Waals surface area (Å²) in [4.78, 5) is 38.3. The molecule has 1 unspecified atom stereocenters. The predicted molar refractivity (Wildman–Crippen MR) is 353 cm³/mol. The Labute approximate surface area is 500 Å². The zero-order valence-electron chi connectivity index (χ0n) is 52.8. The summed E-state index contributed by atoms with van der Waals surface area (Å²) in [5.74, 6) is -1.000. The molecule has 6 heteroatoms. The molecular weight excluding hydrogens is 997 g/mol. The lowest BCUT2D eigenvalue weighted by Crippen LogP contribution is -2.30. The van der Waals surface area contributed by atoms with E-state index in [2.05, 4.69) is 148 Å². The molecule has 460 valence electrons. The molecule has 81 heavy (non-hydrogen) atoms. The highest BCUT2D eigenvalue weighted by Gasteiger charge is 2.19. The molecule has 0 aliphatic rings. The first-order chi connectivity index (χ1) is 40.0. The summed E-state index contributed by atoms with van der Waals surface area (Å²) < 4.78 is 16.9. The largest absolute Gasteiger partial charge is 0.462 e. The summed E-state index contributed by atoms with van der Waals surface area (Å²) in [5, 5.41) is 0. The summed E-state index contributed by atoms with van der Waals surface area (Å²) >= 11 is 0. The van der Waals surface area contributed by atoms with Gasteiger partial charge in [0.1, 0.15) is 13.2 Å².